The molecule has 2 aliphatic rings. The molecule has 154 valence electrons. The predicted octanol–water partition coefficient (Wildman–Crippen LogP) is 3.00. The number of amides is 1. The van der Waals surface area contributed by atoms with E-state index in [1.54, 1.807) is 13.1 Å². The van der Waals surface area contributed by atoms with Crippen LogP contribution in [-0.4, -0.2) is 50.7 Å². The molecular weight excluding hydrogens is 364 g/mol. The maximum atomic E-state index is 13.7. The van der Waals surface area contributed by atoms with Gasteiger partial charge in [-0.25, -0.2) is 4.68 Å². The summed E-state index contributed by atoms with van der Waals surface area (Å²) in [5.41, 5.74) is 1.20. The van der Waals surface area contributed by atoms with E-state index in [9.17, 15) is 9.59 Å². The zero-order valence-electron chi connectivity index (χ0n) is 17.5. The Labute approximate surface area is 172 Å². The first-order valence-electron chi connectivity index (χ1n) is 10.5. The fourth-order valence-electron chi connectivity index (χ4n) is 5.11. The Morgan fingerprint density at radius 3 is 2.55 bits per heavy atom. The molecule has 29 heavy (non-hydrogen) atoms. The van der Waals surface area contributed by atoms with E-state index in [1.807, 2.05) is 18.2 Å². The number of likely N-dealkylation sites (tertiary alicyclic amines) is 2. The van der Waals surface area contributed by atoms with Gasteiger partial charge in [-0.3, -0.25) is 14.5 Å². The van der Waals surface area contributed by atoms with Crippen LogP contribution in [0.5, 0.6) is 0 Å². The largest absolute Gasteiger partial charge is 0.325 e. The molecule has 1 aromatic heterocycles. The lowest BCUT2D eigenvalue weighted by Crippen LogP contribution is -2.55. The van der Waals surface area contributed by atoms with Crippen LogP contribution in [0.25, 0.3) is 0 Å². The van der Waals surface area contributed by atoms with Crippen molar-refractivity contribution in [2.75, 3.05) is 13.6 Å². The van der Waals surface area contributed by atoms with Crippen molar-refractivity contribution in [2.45, 2.75) is 56.7 Å². The molecule has 0 spiro atoms. The van der Waals surface area contributed by atoms with Gasteiger partial charge >= 0.3 is 0 Å². The van der Waals surface area contributed by atoms with E-state index >= 15 is 0 Å². The van der Waals surface area contributed by atoms with Crippen molar-refractivity contribution in [2.24, 2.45) is 7.05 Å². The minimum absolute atomic E-state index is 0.00159. The standard InChI is InChI=1S/C23H30N4O2/c1-23-16-19(17-10-6-4-7-11-17)27(20(23)12-8-5-9-15-25(23)2)22(29)18-13-14-21(28)26(3)24-18/h4,6-7,10-11,13-14,19-20H,5,8-9,12,15-16H2,1-3H3/t19-,20-,23-/m0/s1. The monoisotopic (exact) mass is 394 g/mol. The number of benzene rings is 1. The van der Waals surface area contributed by atoms with E-state index in [0.29, 0.717) is 5.69 Å². The molecule has 2 aliphatic heterocycles. The van der Waals surface area contributed by atoms with Gasteiger partial charge in [0.25, 0.3) is 11.5 Å². The summed E-state index contributed by atoms with van der Waals surface area (Å²) < 4.78 is 1.24. The quantitative estimate of drug-likeness (QED) is 0.786. The first kappa shape index (κ1) is 19.8. The molecule has 6 nitrogen and oxygen atoms in total. The zero-order valence-corrected chi connectivity index (χ0v) is 17.5. The van der Waals surface area contributed by atoms with Crippen LogP contribution in [0, 0.1) is 0 Å². The number of rotatable bonds is 2. The lowest BCUT2D eigenvalue weighted by Gasteiger charge is -2.43. The number of nitrogens with zero attached hydrogens (tertiary/aromatic N) is 4. The molecule has 0 radical (unpaired) electrons. The summed E-state index contributed by atoms with van der Waals surface area (Å²) in [6, 6.07) is 13.4. The number of carbonyl (C=O) groups is 1. The van der Waals surface area contributed by atoms with E-state index in [2.05, 4.69) is 41.0 Å². The summed E-state index contributed by atoms with van der Waals surface area (Å²) in [5, 5.41) is 4.27. The maximum absolute atomic E-state index is 13.7. The molecule has 0 saturated carbocycles. The highest BCUT2D eigenvalue weighted by atomic mass is 16.2. The molecule has 2 aromatic rings. The van der Waals surface area contributed by atoms with Crippen LogP contribution >= 0.6 is 0 Å². The molecular formula is C23H30N4O2. The predicted molar refractivity (Wildman–Crippen MR) is 113 cm³/mol. The normalized spacial score (nSPS) is 27.9. The SMILES string of the molecule is CN1CCCCC[C@@H]2N(C(=O)c3ccc(=O)n(C)n3)[C@H](c3ccccc3)C[C@@]21C. The van der Waals surface area contributed by atoms with Gasteiger partial charge in [0.15, 0.2) is 0 Å². The Balaban J connectivity index is 1.80. The van der Waals surface area contributed by atoms with Crippen molar-refractivity contribution in [3.8, 4) is 0 Å². The number of aromatic nitrogens is 2. The van der Waals surface area contributed by atoms with E-state index in [4.69, 9.17) is 0 Å². The molecule has 6 heteroatoms. The highest BCUT2D eigenvalue weighted by Crippen LogP contribution is 2.48. The van der Waals surface area contributed by atoms with Gasteiger partial charge in [-0.2, -0.15) is 5.10 Å². The van der Waals surface area contributed by atoms with Crippen molar-refractivity contribution < 1.29 is 4.79 Å². The molecule has 1 aromatic carbocycles. The molecule has 2 saturated heterocycles. The molecule has 3 atom stereocenters. The Morgan fingerprint density at radius 1 is 1.07 bits per heavy atom. The number of aryl methyl sites for hydroxylation is 1. The molecule has 3 heterocycles. The molecule has 4 rings (SSSR count). The Hall–Kier alpha value is -2.47. The van der Waals surface area contributed by atoms with E-state index in [1.165, 1.54) is 23.6 Å². The van der Waals surface area contributed by atoms with Crippen LogP contribution in [-0.2, 0) is 7.05 Å². The van der Waals surface area contributed by atoms with Crippen molar-refractivity contribution in [1.82, 2.24) is 19.6 Å². The topological polar surface area (TPSA) is 58.4 Å². The second kappa shape index (κ2) is 7.75. The number of fused-ring (bicyclic) bond motifs is 1. The molecule has 0 aliphatic carbocycles. The number of carbonyl (C=O) groups excluding carboxylic acids is 1. The molecule has 2 fully saturated rings. The van der Waals surface area contributed by atoms with Crippen LogP contribution in [0.3, 0.4) is 0 Å². The van der Waals surface area contributed by atoms with Crippen LogP contribution in [0.4, 0.5) is 0 Å². The first-order chi connectivity index (χ1) is 13.9. The Kier molecular flexibility index (Phi) is 5.30. The summed E-state index contributed by atoms with van der Waals surface area (Å²) in [7, 11) is 3.78. The number of hydrogen-bond donors (Lipinski definition) is 0. The second-order valence-electron chi connectivity index (χ2n) is 8.67. The average Bonchev–Trinajstić information content (AvgIpc) is 3.02. The van der Waals surface area contributed by atoms with Gasteiger partial charge in [0.1, 0.15) is 5.69 Å². The lowest BCUT2D eigenvalue weighted by molar-refractivity contribution is 0.0446. The fraction of sp³-hybridized carbons (Fsp3) is 0.522. The first-order valence-corrected chi connectivity index (χ1v) is 10.5. The minimum atomic E-state index is -0.210. The Morgan fingerprint density at radius 2 is 1.83 bits per heavy atom. The second-order valence-corrected chi connectivity index (χ2v) is 8.67. The van der Waals surface area contributed by atoms with Crippen molar-refractivity contribution >= 4 is 5.91 Å². The zero-order chi connectivity index (χ0) is 20.6. The van der Waals surface area contributed by atoms with Gasteiger partial charge in [0.2, 0.25) is 0 Å². The van der Waals surface area contributed by atoms with Crippen LogP contribution in [0.2, 0.25) is 0 Å². The summed E-state index contributed by atoms with van der Waals surface area (Å²) >= 11 is 0. The van der Waals surface area contributed by atoms with Gasteiger partial charge in [0.05, 0.1) is 12.1 Å². The van der Waals surface area contributed by atoms with E-state index in [0.717, 1.165) is 31.4 Å². The van der Waals surface area contributed by atoms with Crippen LogP contribution in [0.1, 0.15) is 61.1 Å². The highest BCUT2D eigenvalue weighted by molar-refractivity contribution is 5.93. The minimum Gasteiger partial charge on any atom is -0.325 e. The van der Waals surface area contributed by atoms with Crippen molar-refractivity contribution in [1.29, 1.82) is 0 Å². The van der Waals surface area contributed by atoms with E-state index in [-0.39, 0.29) is 29.1 Å². The van der Waals surface area contributed by atoms with Gasteiger partial charge in [-0.05, 0) is 51.4 Å². The lowest BCUT2D eigenvalue weighted by atomic mass is 9.84. The van der Waals surface area contributed by atoms with Gasteiger partial charge in [0, 0.05) is 18.7 Å². The molecule has 0 bridgehead atoms. The molecule has 0 N–H and O–H groups in total. The fourth-order valence-corrected chi connectivity index (χ4v) is 5.11. The third kappa shape index (κ3) is 3.50. The summed E-state index contributed by atoms with van der Waals surface area (Å²) in [6.45, 7) is 3.36. The van der Waals surface area contributed by atoms with Crippen molar-refractivity contribution in [3.05, 3.63) is 64.1 Å². The summed E-state index contributed by atoms with van der Waals surface area (Å²) in [5.74, 6) is -0.0860. The third-order valence-electron chi connectivity index (χ3n) is 6.94. The van der Waals surface area contributed by atoms with Gasteiger partial charge in [-0.15, -0.1) is 0 Å². The van der Waals surface area contributed by atoms with Gasteiger partial charge < -0.3 is 4.90 Å². The highest BCUT2D eigenvalue weighted by Gasteiger charge is 2.53. The number of hydrogen-bond acceptors (Lipinski definition) is 4. The van der Waals surface area contributed by atoms with Gasteiger partial charge in [-0.1, -0.05) is 43.2 Å². The third-order valence-corrected chi connectivity index (χ3v) is 6.94. The number of likely N-dealkylation sites (N-methyl/N-ethyl adjacent to an activating group) is 1. The molecule has 1 amide bonds. The van der Waals surface area contributed by atoms with Crippen LogP contribution in [0.15, 0.2) is 47.3 Å². The molecule has 0 unspecified atom stereocenters. The van der Waals surface area contributed by atoms with Crippen molar-refractivity contribution in [3.63, 3.8) is 0 Å². The smallest absolute Gasteiger partial charge is 0.275 e. The average molecular weight is 395 g/mol. The Bertz CT molecular complexity index is 941. The summed E-state index contributed by atoms with van der Waals surface area (Å²) in [6.07, 6.45) is 5.40. The summed E-state index contributed by atoms with van der Waals surface area (Å²) in [4.78, 5) is 30.0. The van der Waals surface area contributed by atoms with Crippen LogP contribution < -0.4 is 5.56 Å². The van der Waals surface area contributed by atoms with E-state index < -0.39 is 0 Å². The maximum Gasteiger partial charge on any atom is 0.275 e.